The number of likely N-dealkylation sites (N-methyl/N-ethyl adjacent to an activating group) is 1. The van der Waals surface area contributed by atoms with Crippen molar-refractivity contribution in [3.05, 3.63) is 99.1 Å². The second-order valence-electron chi connectivity index (χ2n) is 12.7. The smallest absolute Gasteiger partial charge is 0.416 e. The summed E-state index contributed by atoms with van der Waals surface area (Å²) in [6.45, 7) is 7.07. The summed E-state index contributed by atoms with van der Waals surface area (Å²) in [4.78, 5) is 11.4. The van der Waals surface area contributed by atoms with Crippen molar-refractivity contribution < 1.29 is 17.9 Å². The molecule has 0 N–H and O–H groups in total. The van der Waals surface area contributed by atoms with Gasteiger partial charge in [0.15, 0.2) is 0 Å². The van der Waals surface area contributed by atoms with Crippen LogP contribution >= 0.6 is 48.8 Å². The van der Waals surface area contributed by atoms with Gasteiger partial charge in [-0.3, -0.25) is 14.8 Å². The average Bonchev–Trinajstić information content (AvgIpc) is 3.35. The summed E-state index contributed by atoms with van der Waals surface area (Å²) in [5, 5.41) is 0.807. The van der Waals surface area contributed by atoms with Gasteiger partial charge in [-0.05, 0) is 104 Å². The van der Waals surface area contributed by atoms with E-state index in [0.717, 1.165) is 105 Å². The number of aliphatic imine (C=N–C) groups is 1. The molecule has 1 saturated heterocycles. The molecule has 0 aliphatic carbocycles. The topological polar surface area (TPSA) is 31.3 Å². The van der Waals surface area contributed by atoms with E-state index in [1.807, 2.05) is 6.07 Å². The average molecular weight is 749 g/mol. The van der Waals surface area contributed by atoms with Gasteiger partial charge in [-0.25, -0.2) is 0 Å². The Balaban J connectivity index is 0.00000208. The number of fused-ring (bicyclic) bond motifs is 1. The zero-order chi connectivity index (χ0) is 31.4. The lowest BCUT2D eigenvalue weighted by atomic mass is 9.93. The maximum absolute atomic E-state index is 13.6. The van der Waals surface area contributed by atoms with Crippen LogP contribution in [0.5, 0.6) is 5.75 Å². The number of aryl methyl sites for hydroxylation is 1. The molecular weight excluding hydrogens is 703 g/mol. The standard InChI is InChI=1S/C36H42ClF3N4O.3ClH/c1-42-19-15-41-35(42)28-8-9-30(34(37)22-28)24-43-17-12-26(13-18-43)14-20-45-32-11-10-27-6-4-16-44(25-31(27)21-32)23-29-5-2-3-7-33(29)36(38,39)40;;;/h2-3,5,7-11,21-22,26H,4,6,12-20,23-25H2,1H3;3*1H. The van der Waals surface area contributed by atoms with Crippen LogP contribution in [0.25, 0.3) is 0 Å². The maximum atomic E-state index is 13.6. The molecule has 3 heterocycles. The summed E-state index contributed by atoms with van der Waals surface area (Å²) in [6, 6.07) is 18.5. The van der Waals surface area contributed by atoms with Crippen LogP contribution in [-0.4, -0.2) is 66.9 Å². The molecule has 0 radical (unpaired) electrons. The molecule has 1 fully saturated rings. The van der Waals surface area contributed by atoms with Gasteiger partial charge in [-0.1, -0.05) is 48.0 Å². The van der Waals surface area contributed by atoms with Crippen LogP contribution in [0.1, 0.15) is 59.1 Å². The Kier molecular flexibility index (Phi) is 15.2. The molecular formula is C36H45Cl4F3N4O. The lowest BCUT2D eigenvalue weighted by Crippen LogP contribution is -2.33. The summed E-state index contributed by atoms with van der Waals surface area (Å²) in [5.74, 6) is 2.49. The summed E-state index contributed by atoms with van der Waals surface area (Å²) < 4.78 is 46.9. The zero-order valence-electron chi connectivity index (χ0n) is 27.2. The van der Waals surface area contributed by atoms with E-state index in [0.29, 0.717) is 24.6 Å². The van der Waals surface area contributed by atoms with Gasteiger partial charge in [0.25, 0.3) is 0 Å². The molecule has 0 saturated carbocycles. The van der Waals surface area contributed by atoms with E-state index in [9.17, 15) is 13.2 Å². The summed E-state index contributed by atoms with van der Waals surface area (Å²) in [5.41, 5.74) is 4.44. The predicted molar refractivity (Wildman–Crippen MR) is 196 cm³/mol. The highest BCUT2D eigenvalue weighted by Gasteiger charge is 2.33. The monoisotopic (exact) mass is 746 g/mol. The van der Waals surface area contributed by atoms with Crippen LogP contribution in [0.2, 0.25) is 5.02 Å². The third-order valence-electron chi connectivity index (χ3n) is 9.47. The van der Waals surface area contributed by atoms with Gasteiger partial charge >= 0.3 is 6.18 Å². The predicted octanol–water partition coefficient (Wildman–Crippen LogP) is 8.95. The number of benzene rings is 3. The Morgan fingerprint density at radius 2 is 1.60 bits per heavy atom. The lowest BCUT2D eigenvalue weighted by molar-refractivity contribution is -0.138. The molecule has 0 amide bonds. The molecule has 12 heteroatoms. The first-order valence-electron chi connectivity index (χ1n) is 16.1. The van der Waals surface area contributed by atoms with Crippen molar-refractivity contribution in [2.45, 2.75) is 57.9 Å². The van der Waals surface area contributed by atoms with Crippen LogP contribution in [0.4, 0.5) is 13.2 Å². The Bertz CT molecular complexity index is 1510. The van der Waals surface area contributed by atoms with E-state index in [1.165, 1.54) is 17.7 Å². The Labute approximate surface area is 306 Å². The minimum absolute atomic E-state index is 0. The van der Waals surface area contributed by atoms with Crippen molar-refractivity contribution >= 4 is 54.7 Å². The molecule has 3 aliphatic rings. The number of nitrogens with zero attached hydrogens (tertiary/aromatic N) is 4. The number of rotatable bonds is 9. The highest BCUT2D eigenvalue weighted by Crippen LogP contribution is 2.33. The number of halogens is 7. The van der Waals surface area contributed by atoms with Gasteiger partial charge in [0.2, 0.25) is 0 Å². The number of amidine groups is 1. The molecule has 264 valence electrons. The van der Waals surface area contributed by atoms with E-state index in [4.69, 9.17) is 16.3 Å². The van der Waals surface area contributed by atoms with E-state index in [1.54, 1.807) is 12.1 Å². The summed E-state index contributed by atoms with van der Waals surface area (Å²) in [7, 11) is 2.07. The fraction of sp³-hybridized carbons (Fsp3) is 0.472. The number of piperidine rings is 1. The Morgan fingerprint density at radius 1 is 0.854 bits per heavy atom. The molecule has 48 heavy (non-hydrogen) atoms. The highest BCUT2D eigenvalue weighted by atomic mass is 35.5. The number of hydrogen-bond donors (Lipinski definition) is 0. The first-order valence-corrected chi connectivity index (χ1v) is 16.5. The van der Waals surface area contributed by atoms with Crippen LogP contribution in [0.3, 0.4) is 0 Å². The number of ether oxygens (including phenoxy) is 1. The zero-order valence-corrected chi connectivity index (χ0v) is 30.4. The SMILES string of the molecule is CN1CCN=C1c1ccc(CN2CCC(CCOc3ccc4c(c3)CN(Cc3ccccc3C(F)(F)F)CCC4)CC2)c(Cl)c1.Cl.Cl.Cl. The van der Waals surface area contributed by atoms with Crippen LogP contribution in [-0.2, 0) is 32.2 Å². The van der Waals surface area contributed by atoms with Gasteiger partial charge < -0.3 is 9.64 Å². The molecule has 3 aromatic rings. The first kappa shape index (κ1) is 40.2. The second kappa shape index (κ2) is 18.2. The minimum Gasteiger partial charge on any atom is -0.494 e. The fourth-order valence-electron chi connectivity index (χ4n) is 6.88. The van der Waals surface area contributed by atoms with Crippen molar-refractivity contribution in [3.8, 4) is 5.75 Å². The number of alkyl halides is 3. The molecule has 0 bridgehead atoms. The van der Waals surface area contributed by atoms with E-state index in [-0.39, 0.29) is 43.8 Å². The van der Waals surface area contributed by atoms with Gasteiger partial charge in [0.05, 0.1) is 18.7 Å². The fourth-order valence-corrected chi connectivity index (χ4v) is 7.12. The van der Waals surface area contributed by atoms with Crippen LogP contribution < -0.4 is 4.74 Å². The summed E-state index contributed by atoms with van der Waals surface area (Å²) >= 11 is 6.69. The van der Waals surface area contributed by atoms with E-state index < -0.39 is 11.7 Å². The second-order valence-corrected chi connectivity index (χ2v) is 13.1. The van der Waals surface area contributed by atoms with Crippen molar-refractivity contribution in [1.29, 1.82) is 0 Å². The van der Waals surface area contributed by atoms with Gasteiger partial charge in [0.1, 0.15) is 11.6 Å². The normalized spacial score (nSPS) is 17.4. The van der Waals surface area contributed by atoms with Gasteiger partial charge in [0, 0.05) is 43.8 Å². The first-order chi connectivity index (χ1) is 21.7. The number of hydrogen-bond acceptors (Lipinski definition) is 5. The lowest BCUT2D eigenvalue weighted by Gasteiger charge is -2.32. The molecule has 0 atom stereocenters. The van der Waals surface area contributed by atoms with Crippen LogP contribution in [0, 0.1) is 5.92 Å². The van der Waals surface area contributed by atoms with Gasteiger partial charge in [-0.15, -0.1) is 37.2 Å². The molecule has 5 nitrogen and oxygen atoms in total. The maximum Gasteiger partial charge on any atom is 0.416 e. The van der Waals surface area contributed by atoms with E-state index in [2.05, 4.69) is 57.1 Å². The van der Waals surface area contributed by atoms with Crippen molar-refractivity contribution in [1.82, 2.24) is 14.7 Å². The van der Waals surface area contributed by atoms with E-state index >= 15 is 0 Å². The largest absolute Gasteiger partial charge is 0.494 e. The van der Waals surface area contributed by atoms with Crippen molar-refractivity contribution in [2.24, 2.45) is 10.9 Å². The molecule has 3 aliphatic heterocycles. The third kappa shape index (κ3) is 10.2. The molecule has 0 unspecified atom stereocenters. The van der Waals surface area contributed by atoms with Crippen molar-refractivity contribution in [2.75, 3.05) is 46.4 Å². The Morgan fingerprint density at radius 3 is 2.31 bits per heavy atom. The highest BCUT2D eigenvalue weighted by molar-refractivity contribution is 6.31. The number of likely N-dealkylation sites (tertiary alicyclic amines) is 1. The minimum atomic E-state index is -4.35. The molecule has 0 aromatic heterocycles. The third-order valence-corrected chi connectivity index (χ3v) is 9.83. The molecule has 0 spiro atoms. The summed E-state index contributed by atoms with van der Waals surface area (Å²) in [6.07, 6.45) is 0.786. The van der Waals surface area contributed by atoms with Gasteiger partial charge in [-0.2, -0.15) is 13.2 Å². The molecule has 3 aromatic carbocycles. The van der Waals surface area contributed by atoms with Crippen LogP contribution in [0.15, 0.2) is 65.7 Å². The Hall–Kier alpha value is -2.20. The quantitative estimate of drug-likeness (QED) is 0.219. The molecule has 6 rings (SSSR count). The van der Waals surface area contributed by atoms with Crippen molar-refractivity contribution in [3.63, 3.8) is 0 Å².